The zero-order valence-corrected chi connectivity index (χ0v) is 15.8. The molecule has 0 aliphatic carbocycles. The molecule has 1 aromatic heterocycles. The molecular formula is C15H16Br2ClN3. The van der Waals surface area contributed by atoms with Gasteiger partial charge in [0.05, 0.1) is 10.2 Å². The van der Waals surface area contributed by atoms with Crippen molar-refractivity contribution in [3.05, 3.63) is 37.9 Å². The molecule has 0 unspecified atom stereocenters. The van der Waals surface area contributed by atoms with E-state index in [9.17, 15) is 0 Å². The minimum atomic E-state index is 0.667. The predicted molar refractivity (Wildman–Crippen MR) is 96.0 cm³/mol. The molecule has 3 nitrogen and oxygen atoms in total. The maximum atomic E-state index is 6.09. The lowest BCUT2D eigenvalue weighted by atomic mass is 10.2. The molecule has 6 heteroatoms. The van der Waals surface area contributed by atoms with Crippen molar-refractivity contribution in [2.45, 2.75) is 26.7 Å². The Balaban J connectivity index is 2.55. The van der Waals surface area contributed by atoms with Crippen molar-refractivity contribution in [3.8, 4) is 11.4 Å². The molecule has 0 aliphatic heterocycles. The summed E-state index contributed by atoms with van der Waals surface area (Å²) in [5, 5.41) is 4.00. The van der Waals surface area contributed by atoms with Gasteiger partial charge in [-0.1, -0.05) is 41.4 Å². The summed E-state index contributed by atoms with van der Waals surface area (Å²) >= 11 is 13.2. The molecule has 0 amide bonds. The van der Waals surface area contributed by atoms with E-state index in [-0.39, 0.29) is 0 Å². The molecule has 0 bridgehead atoms. The number of halogens is 3. The Morgan fingerprint density at radius 1 is 1.19 bits per heavy atom. The van der Waals surface area contributed by atoms with Crippen molar-refractivity contribution in [3.63, 3.8) is 0 Å². The van der Waals surface area contributed by atoms with Gasteiger partial charge in [0.15, 0.2) is 5.82 Å². The number of nitrogens with zero attached hydrogens (tertiary/aromatic N) is 2. The lowest BCUT2D eigenvalue weighted by Gasteiger charge is -2.13. The standard InChI is InChI=1S/C15H16Br2ClN3/c1-3-7-19-15-13(17)12(4-2)20-14(21-15)10-8-9(18)5-6-11(10)16/h5-6,8H,3-4,7H2,1-2H3,(H,19,20,21). The van der Waals surface area contributed by atoms with Gasteiger partial charge in [0.1, 0.15) is 5.82 Å². The molecule has 0 spiro atoms. The van der Waals surface area contributed by atoms with E-state index >= 15 is 0 Å². The van der Waals surface area contributed by atoms with Crippen molar-refractivity contribution in [1.29, 1.82) is 0 Å². The third-order valence-corrected chi connectivity index (χ3v) is 4.73. The van der Waals surface area contributed by atoms with Gasteiger partial charge in [0.25, 0.3) is 0 Å². The summed E-state index contributed by atoms with van der Waals surface area (Å²) < 4.78 is 1.86. The first-order valence-corrected chi connectivity index (χ1v) is 8.78. The number of nitrogens with one attached hydrogen (secondary N) is 1. The third kappa shape index (κ3) is 3.96. The first kappa shape index (κ1) is 16.7. The lowest BCUT2D eigenvalue weighted by Crippen LogP contribution is -2.07. The van der Waals surface area contributed by atoms with Crippen LogP contribution in [0.2, 0.25) is 5.02 Å². The highest BCUT2D eigenvalue weighted by molar-refractivity contribution is 9.11. The minimum absolute atomic E-state index is 0.667. The third-order valence-electron chi connectivity index (χ3n) is 2.97. The van der Waals surface area contributed by atoms with Crippen LogP contribution in [0.25, 0.3) is 11.4 Å². The molecule has 1 heterocycles. The molecule has 1 aromatic carbocycles. The van der Waals surface area contributed by atoms with Crippen LogP contribution < -0.4 is 5.32 Å². The van der Waals surface area contributed by atoms with E-state index in [1.807, 2.05) is 18.2 Å². The van der Waals surface area contributed by atoms with Gasteiger partial charge in [-0.15, -0.1) is 0 Å². The van der Waals surface area contributed by atoms with Crippen molar-refractivity contribution in [2.75, 3.05) is 11.9 Å². The molecule has 0 saturated carbocycles. The number of aryl methyl sites for hydroxylation is 1. The molecule has 2 aromatic rings. The molecule has 0 fully saturated rings. The van der Waals surface area contributed by atoms with E-state index in [0.29, 0.717) is 10.8 Å². The summed E-state index contributed by atoms with van der Waals surface area (Å²) in [6, 6.07) is 5.62. The Morgan fingerprint density at radius 3 is 2.62 bits per heavy atom. The van der Waals surface area contributed by atoms with Gasteiger partial charge in [-0.05, 0) is 47.0 Å². The van der Waals surface area contributed by atoms with Crippen LogP contribution in [0.1, 0.15) is 26.0 Å². The van der Waals surface area contributed by atoms with Crippen LogP contribution in [-0.4, -0.2) is 16.5 Å². The predicted octanol–water partition coefficient (Wildman–Crippen LogP) is 5.71. The summed E-state index contributed by atoms with van der Waals surface area (Å²) in [6.07, 6.45) is 1.86. The number of aromatic nitrogens is 2. The van der Waals surface area contributed by atoms with Crippen LogP contribution in [0.5, 0.6) is 0 Å². The van der Waals surface area contributed by atoms with Crippen LogP contribution in [0.15, 0.2) is 27.1 Å². The Hall–Kier alpha value is -0.650. The van der Waals surface area contributed by atoms with Crippen LogP contribution >= 0.6 is 43.5 Å². The van der Waals surface area contributed by atoms with Gasteiger partial charge in [-0.25, -0.2) is 9.97 Å². The lowest BCUT2D eigenvalue weighted by molar-refractivity contribution is 0.943. The van der Waals surface area contributed by atoms with Crippen LogP contribution in [0.4, 0.5) is 5.82 Å². The SMILES string of the molecule is CCCNc1nc(-c2cc(Cl)ccc2Br)nc(CC)c1Br. The van der Waals surface area contributed by atoms with Gasteiger partial charge >= 0.3 is 0 Å². The van der Waals surface area contributed by atoms with Gasteiger partial charge in [-0.2, -0.15) is 0 Å². The van der Waals surface area contributed by atoms with Gasteiger partial charge in [-0.3, -0.25) is 0 Å². The first-order valence-electron chi connectivity index (χ1n) is 6.82. The second kappa shape index (κ2) is 7.56. The zero-order chi connectivity index (χ0) is 15.4. The van der Waals surface area contributed by atoms with Crippen molar-refractivity contribution >= 4 is 49.3 Å². The number of hydrogen-bond donors (Lipinski definition) is 1. The largest absolute Gasteiger partial charge is 0.369 e. The van der Waals surface area contributed by atoms with E-state index in [1.165, 1.54) is 0 Å². The fraction of sp³-hybridized carbons (Fsp3) is 0.333. The molecule has 2 rings (SSSR count). The van der Waals surface area contributed by atoms with Crippen molar-refractivity contribution in [1.82, 2.24) is 9.97 Å². The van der Waals surface area contributed by atoms with Gasteiger partial charge < -0.3 is 5.32 Å². The van der Waals surface area contributed by atoms with Gasteiger partial charge in [0, 0.05) is 21.6 Å². The molecule has 0 saturated heterocycles. The van der Waals surface area contributed by atoms with Crippen molar-refractivity contribution in [2.24, 2.45) is 0 Å². The molecule has 0 radical (unpaired) electrons. The summed E-state index contributed by atoms with van der Waals surface area (Å²) in [6.45, 7) is 5.07. The highest BCUT2D eigenvalue weighted by Gasteiger charge is 2.14. The van der Waals surface area contributed by atoms with Crippen LogP contribution in [0, 0.1) is 0 Å². The normalized spacial score (nSPS) is 10.7. The number of rotatable bonds is 5. The molecule has 0 aliphatic rings. The zero-order valence-electron chi connectivity index (χ0n) is 11.9. The summed E-state index contributed by atoms with van der Waals surface area (Å²) in [5.74, 6) is 1.49. The number of hydrogen-bond acceptors (Lipinski definition) is 3. The van der Waals surface area contributed by atoms with E-state index in [4.69, 9.17) is 11.6 Å². The topological polar surface area (TPSA) is 37.8 Å². The quantitative estimate of drug-likeness (QED) is 0.657. The van der Waals surface area contributed by atoms with Gasteiger partial charge in [0.2, 0.25) is 0 Å². The second-order valence-electron chi connectivity index (χ2n) is 4.56. The summed E-state index contributed by atoms with van der Waals surface area (Å²) in [4.78, 5) is 9.28. The average Bonchev–Trinajstić information content (AvgIpc) is 2.48. The fourth-order valence-electron chi connectivity index (χ4n) is 1.88. The van der Waals surface area contributed by atoms with E-state index in [2.05, 4.69) is 61.0 Å². The average molecular weight is 434 g/mol. The van der Waals surface area contributed by atoms with Crippen LogP contribution in [-0.2, 0) is 6.42 Å². The maximum absolute atomic E-state index is 6.09. The maximum Gasteiger partial charge on any atom is 0.163 e. The smallest absolute Gasteiger partial charge is 0.163 e. The molecule has 0 atom stereocenters. The minimum Gasteiger partial charge on any atom is -0.369 e. The Kier molecular flexibility index (Phi) is 6.02. The molecule has 21 heavy (non-hydrogen) atoms. The Morgan fingerprint density at radius 2 is 1.95 bits per heavy atom. The van der Waals surface area contributed by atoms with E-state index in [1.54, 1.807) is 0 Å². The highest BCUT2D eigenvalue weighted by Crippen LogP contribution is 2.32. The molecule has 1 N–H and O–H groups in total. The number of benzene rings is 1. The van der Waals surface area contributed by atoms with E-state index in [0.717, 1.165) is 45.4 Å². The second-order valence-corrected chi connectivity index (χ2v) is 6.64. The first-order chi connectivity index (χ1) is 10.1. The monoisotopic (exact) mass is 431 g/mol. The van der Waals surface area contributed by atoms with Crippen molar-refractivity contribution < 1.29 is 0 Å². The molecular weight excluding hydrogens is 417 g/mol. The summed E-state index contributed by atoms with van der Waals surface area (Å²) in [5.41, 5.74) is 1.87. The summed E-state index contributed by atoms with van der Waals surface area (Å²) in [7, 11) is 0. The molecule has 112 valence electrons. The number of anilines is 1. The van der Waals surface area contributed by atoms with E-state index < -0.39 is 0 Å². The Bertz CT molecular complexity index is 647. The van der Waals surface area contributed by atoms with Crippen LogP contribution in [0.3, 0.4) is 0 Å². The Labute approximate surface area is 146 Å². The fourth-order valence-corrected chi connectivity index (χ4v) is 3.07. The highest BCUT2D eigenvalue weighted by atomic mass is 79.9.